The fraction of sp³-hybridized carbons (Fsp3) is 0.765. The molecule has 2 aromatic heterocycles. The normalized spacial score (nSPS) is 20.0. The molecule has 0 aliphatic carbocycles. The minimum atomic E-state index is 0.289. The second-order valence-electron chi connectivity index (χ2n) is 7.46. The van der Waals surface area contributed by atoms with Gasteiger partial charge in [-0.1, -0.05) is 38.0 Å². The molecule has 0 N–H and O–H groups in total. The van der Waals surface area contributed by atoms with Crippen molar-refractivity contribution in [3.63, 3.8) is 0 Å². The second-order valence-corrected chi connectivity index (χ2v) is 7.46. The van der Waals surface area contributed by atoms with E-state index in [0.717, 1.165) is 31.3 Å². The number of aromatic nitrogens is 4. The Labute approximate surface area is 148 Å². The molecule has 8 heteroatoms. The van der Waals surface area contributed by atoms with Crippen molar-refractivity contribution in [3.8, 4) is 0 Å². The van der Waals surface area contributed by atoms with Gasteiger partial charge in [0.05, 0.1) is 13.1 Å². The van der Waals surface area contributed by atoms with E-state index in [1.807, 2.05) is 0 Å². The zero-order valence-electron chi connectivity index (χ0n) is 15.8. The maximum absolute atomic E-state index is 5.38. The van der Waals surface area contributed by atoms with Gasteiger partial charge in [-0.25, -0.2) is 0 Å². The predicted octanol–water partition coefficient (Wildman–Crippen LogP) is 2.41. The van der Waals surface area contributed by atoms with Crippen LogP contribution in [-0.2, 0) is 13.1 Å². The smallest absolute Gasteiger partial charge is 0.240 e. The highest BCUT2D eigenvalue weighted by Gasteiger charge is 2.26. The van der Waals surface area contributed by atoms with Crippen LogP contribution in [0.25, 0.3) is 0 Å². The summed E-state index contributed by atoms with van der Waals surface area (Å²) in [5.74, 6) is 3.53. The highest BCUT2D eigenvalue weighted by atomic mass is 16.5. The third kappa shape index (κ3) is 4.43. The van der Waals surface area contributed by atoms with Gasteiger partial charge in [-0.2, -0.15) is 9.97 Å². The number of hydrogen-bond acceptors (Lipinski definition) is 8. The molecule has 3 rings (SSSR count). The van der Waals surface area contributed by atoms with E-state index in [9.17, 15) is 0 Å². The first-order chi connectivity index (χ1) is 11.9. The average molecular weight is 348 g/mol. The number of hydrogen-bond donors (Lipinski definition) is 0. The summed E-state index contributed by atoms with van der Waals surface area (Å²) in [6.07, 6.45) is 0. The zero-order chi connectivity index (χ0) is 18.0. The van der Waals surface area contributed by atoms with Gasteiger partial charge < -0.3 is 9.05 Å². The maximum Gasteiger partial charge on any atom is 0.240 e. The highest BCUT2D eigenvalue weighted by molar-refractivity contribution is 4.94. The molecule has 0 radical (unpaired) electrons. The van der Waals surface area contributed by atoms with E-state index in [2.05, 4.69) is 64.7 Å². The molecular formula is C17H28N6O2. The first-order valence-electron chi connectivity index (χ1n) is 9.03. The van der Waals surface area contributed by atoms with Gasteiger partial charge in [0.25, 0.3) is 0 Å². The van der Waals surface area contributed by atoms with Crippen LogP contribution in [0.1, 0.15) is 69.9 Å². The van der Waals surface area contributed by atoms with Gasteiger partial charge in [0.15, 0.2) is 11.6 Å². The van der Waals surface area contributed by atoms with Gasteiger partial charge >= 0.3 is 0 Å². The van der Waals surface area contributed by atoms with Crippen LogP contribution in [0.15, 0.2) is 9.05 Å². The minimum absolute atomic E-state index is 0.289. The average Bonchev–Trinajstić information content (AvgIpc) is 3.19. The van der Waals surface area contributed by atoms with Gasteiger partial charge in [0, 0.05) is 37.5 Å². The van der Waals surface area contributed by atoms with Crippen molar-refractivity contribution in [2.75, 3.05) is 19.6 Å². The van der Waals surface area contributed by atoms with Crippen LogP contribution in [0.2, 0.25) is 0 Å². The zero-order valence-corrected chi connectivity index (χ0v) is 15.8. The van der Waals surface area contributed by atoms with Crippen molar-refractivity contribution in [2.45, 2.75) is 65.6 Å². The second kappa shape index (κ2) is 7.61. The van der Waals surface area contributed by atoms with Crippen LogP contribution in [-0.4, -0.2) is 55.8 Å². The summed E-state index contributed by atoms with van der Waals surface area (Å²) in [6, 6.07) is 0.399. The molecule has 0 amide bonds. The molecular weight excluding hydrogens is 320 g/mol. The van der Waals surface area contributed by atoms with E-state index in [1.165, 1.54) is 0 Å². The van der Waals surface area contributed by atoms with E-state index in [0.29, 0.717) is 36.8 Å². The minimum Gasteiger partial charge on any atom is -0.338 e. The fourth-order valence-corrected chi connectivity index (χ4v) is 2.95. The van der Waals surface area contributed by atoms with Gasteiger partial charge in [0.2, 0.25) is 11.8 Å². The van der Waals surface area contributed by atoms with Crippen molar-refractivity contribution < 1.29 is 9.05 Å². The summed E-state index contributed by atoms with van der Waals surface area (Å²) in [5.41, 5.74) is 0. The monoisotopic (exact) mass is 348 g/mol. The molecule has 0 aromatic carbocycles. The molecule has 3 heterocycles. The molecule has 1 aliphatic rings. The van der Waals surface area contributed by atoms with Crippen LogP contribution in [0.3, 0.4) is 0 Å². The van der Waals surface area contributed by atoms with Crippen molar-refractivity contribution in [1.82, 2.24) is 30.1 Å². The number of nitrogens with zero attached hydrogens (tertiary/aromatic N) is 6. The van der Waals surface area contributed by atoms with Gasteiger partial charge in [-0.15, -0.1) is 0 Å². The molecule has 8 nitrogen and oxygen atoms in total. The van der Waals surface area contributed by atoms with Gasteiger partial charge in [-0.3, -0.25) is 9.80 Å². The quantitative estimate of drug-likeness (QED) is 0.787. The van der Waals surface area contributed by atoms with Crippen molar-refractivity contribution >= 4 is 0 Å². The Bertz CT molecular complexity index is 680. The Kier molecular flexibility index (Phi) is 5.48. The van der Waals surface area contributed by atoms with Crippen LogP contribution in [0.5, 0.6) is 0 Å². The van der Waals surface area contributed by atoms with Crippen molar-refractivity contribution in [3.05, 3.63) is 23.4 Å². The number of piperazine rings is 1. The van der Waals surface area contributed by atoms with Crippen LogP contribution >= 0.6 is 0 Å². The Morgan fingerprint density at radius 3 is 1.96 bits per heavy atom. The molecule has 1 fully saturated rings. The fourth-order valence-electron chi connectivity index (χ4n) is 2.95. The first-order valence-corrected chi connectivity index (χ1v) is 9.03. The SMILES string of the molecule is CC(C)c1noc(CN2CCN(Cc3nc(C(C)C)no3)C(C)C2)n1. The van der Waals surface area contributed by atoms with E-state index in [1.54, 1.807) is 0 Å². The largest absolute Gasteiger partial charge is 0.338 e. The van der Waals surface area contributed by atoms with Crippen LogP contribution < -0.4 is 0 Å². The third-order valence-electron chi connectivity index (χ3n) is 4.55. The van der Waals surface area contributed by atoms with Crippen LogP contribution in [0.4, 0.5) is 0 Å². The topological polar surface area (TPSA) is 84.3 Å². The Balaban J connectivity index is 1.52. The van der Waals surface area contributed by atoms with Gasteiger partial charge in [0.1, 0.15) is 0 Å². The number of rotatable bonds is 6. The molecule has 1 unspecified atom stereocenters. The summed E-state index contributed by atoms with van der Waals surface area (Å²) in [6.45, 7) is 14.7. The molecule has 2 aromatic rings. The Morgan fingerprint density at radius 1 is 0.920 bits per heavy atom. The van der Waals surface area contributed by atoms with Crippen molar-refractivity contribution in [2.24, 2.45) is 0 Å². The summed E-state index contributed by atoms with van der Waals surface area (Å²) < 4.78 is 10.7. The summed E-state index contributed by atoms with van der Waals surface area (Å²) in [5, 5.41) is 8.08. The molecule has 1 atom stereocenters. The summed E-state index contributed by atoms with van der Waals surface area (Å²) >= 11 is 0. The lowest BCUT2D eigenvalue weighted by molar-refractivity contribution is 0.0594. The Hall–Kier alpha value is -1.80. The molecule has 0 bridgehead atoms. The van der Waals surface area contributed by atoms with Gasteiger partial charge in [-0.05, 0) is 6.92 Å². The maximum atomic E-state index is 5.38. The van der Waals surface area contributed by atoms with Crippen LogP contribution in [0, 0.1) is 0 Å². The molecule has 1 aliphatic heterocycles. The summed E-state index contributed by atoms with van der Waals surface area (Å²) in [4.78, 5) is 13.7. The highest BCUT2D eigenvalue weighted by Crippen LogP contribution is 2.17. The third-order valence-corrected chi connectivity index (χ3v) is 4.55. The van der Waals surface area contributed by atoms with E-state index in [4.69, 9.17) is 9.05 Å². The molecule has 138 valence electrons. The lowest BCUT2D eigenvalue weighted by atomic mass is 10.2. The molecule has 0 spiro atoms. The van der Waals surface area contributed by atoms with Crippen molar-refractivity contribution in [1.29, 1.82) is 0 Å². The summed E-state index contributed by atoms with van der Waals surface area (Å²) in [7, 11) is 0. The first kappa shape index (κ1) is 18.0. The molecule has 25 heavy (non-hydrogen) atoms. The molecule has 1 saturated heterocycles. The Morgan fingerprint density at radius 2 is 1.48 bits per heavy atom. The van der Waals surface area contributed by atoms with E-state index < -0.39 is 0 Å². The lowest BCUT2D eigenvalue weighted by Crippen LogP contribution is -2.51. The van der Waals surface area contributed by atoms with E-state index in [-0.39, 0.29) is 5.92 Å². The lowest BCUT2D eigenvalue weighted by Gasteiger charge is -2.38. The van der Waals surface area contributed by atoms with E-state index >= 15 is 0 Å². The standard InChI is InChI=1S/C17H28N6O2/c1-11(2)16-18-14(24-20-16)9-22-6-7-23(13(5)8-22)10-15-19-17(12(3)4)21-25-15/h11-13H,6-10H2,1-5H3. The predicted molar refractivity (Wildman–Crippen MR) is 91.9 cm³/mol. The molecule has 0 saturated carbocycles.